The molecule has 1 unspecified atom stereocenters. The first-order valence-corrected chi connectivity index (χ1v) is 5.31. The maximum absolute atomic E-state index is 11.8. The fraction of sp³-hybridized carbons (Fsp3) is 0.714. The molecule has 1 heterocycles. The number of hydrogen-bond donors (Lipinski definition) is 2. The highest BCUT2D eigenvalue weighted by Gasteiger charge is 2.34. The lowest BCUT2D eigenvalue weighted by Crippen LogP contribution is -2.47. The molecule has 2 amide bonds. The molecular weight excluding hydrogens is 230 g/mol. The summed E-state index contributed by atoms with van der Waals surface area (Å²) in [4.78, 5) is 23.0. The number of aliphatic carboxylic acids is 1. The summed E-state index contributed by atoms with van der Waals surface area (Å²) in [6, 6.07) is -1.68. The van der Waals surface area contributed by atoms with Gasteiger partial charge in [0, 0.05) is 5.75 Å². The molecule has 0 aromatic heterocycles. The molecule has 86 valence electrons. The van der Waals surface area contributed by atoms with Crippen LogP contribution >= 0.6 is 11.8 Å². The van der Waals surface area contributed by atoms with E-state index >= 15 is 0 Å². The SMILES string of the molecule is O=C(O)C1CSCN1C(=O)NCC(F)F. The summed E-state index contributed by atoms with van der Waals surface area (Å²) in [6.07, 6.45) is -2.63. The van der Waals surface area contributed by atoms with Gasteiger partial charge in [-0.2, -0.15) is 0 Å². The Morgan fingerprint density at radius 3 is 2.80 bits per heavy atom. The highest BCUT2D eigenvalue weighted by molar-refractivity contribution is 7.99. The maximum Gasteiger partial charge on any atom is 0.327 e. The Labute approximate surface area is 88.8 Å². The van der Waals surface area contributed by atoms with Crippen LogP contribution in [-0.4, -0.2) is 52.6 Å². The van der Waals surface area contributed by atoms with Gasteiger partial charge in [-0.1, -0.05) is 0 Å². The first-order chi connectivity index (χ1) is 7.02. The van der Waals surface area contributed by atoms with Crippen molar-refractivity contribution in [1.29, 1.82) is 0 Å². The van der Waals surface area contributed by atoms with Crippen LogP contribution in [0, 0.1) is 0 Å². The number of hydrogen-bond acceptors (Lipinski definition) is 3. The smallest absolute Gasteiger partial charge is 0.327 e. The zero-order valence-electron chi connectivity index (χ0n) is 7.65. The molecule has 0 radical (unpaired) electrons. The number of rotatable bonds is 3. The lowest BCUT2D eigenvalue weighted by molar-refractivity contribution is -0.140. The average molecular weight is 240 g/mol. The van der Waals surface area contributed by atoms with Gasteiger partial charge >= 0.3 is 12.0 Å². The van der Waals surface area contributed by atoms with Crippen molar-refractivity contribution >= 4 is 23.8 Å². The minimum Gasteiger partial charge on any atom is -0.480 e. The van der Waals surface area contributed by atoms with Crippen LogP contribution in [0.2, 0.25) is 0 Å². The zero-order valence-corrected chi connectivity index (χ0v) is 8.47. The van der Waals surface area contributed by atoms with E-state index in [-0.39, 0.29) is 11.6 Å². The topological polar surface area (TPSA) is 69.6 Å². The number of carbonyl (C=O) groups excluding carboxylic acids is 1. The third-order valence-corrected chi connectivity index (χ3v) is 2.85. The van der Waals surface area contributed by atoms with Gasteiger partial charge in [-0.3, -0.25) is 0 Å². The second kappa shape index (κ2) is 5.15. The first-order valence-electron chi connectivity index (χ1n) is 4.15. The molecule has 0 saturated carbocycles. The van der Waals surface area contributed by atoms with E-state index in [0.29, 0.717) is 0 Å². The van der Waals surface area contributed by atoms with Crippen LogP contribution in [0.25, 0.3) is 0 Å². The number of carboxylic acid groups (broad SMARTS) is 1. The molecule has 0 spiro atoms. The molecule has 0 bridgehead atoms. The molecule has 2 N–H and O–H groups in total. The Morgan fingerprint density at radius 2 is 2.27 bits per heavy atom. The minimum absolute atomic E-state index is 0.214. The van der Waals surface area contributed by atoms with Gasteiger partial charge in [-0.25, -0.2) is 18.4 Å². The molecular formula is C7H10F2N2O3S. The van der Waals surface area contributed by atoms with Crippen molar-refractivity contribution in [2.45, 2.75) is 12.5 Å². The summed E-state index contributed by atoms with van der Waals surface area (Å²) < 4.78 is 23.6. The summed E-state index contributed by atoms with van der Waals surface area (Å²) in [5.74, 6) is -0.615. The molecule has 5 nitrogen and oxygen atoms in total. The maximum atomic E-state index is 11.8. The molecule has 0 aromatic rings. The Hall–Kier alpha value is -1.05. The summed E-state index contributed by atoms with van der Waals surface area (Å²) in [7, 11) is 0. The van der Waals surface area contributed by atoms with Crippen LogP contribution < -0.4 is 5.32 Å². The van der Waals surface area contributed by atoms with Crippen molar-refractivity contribution < 1.29 is 23.5 Å². The Balaban J connectivity index is 2.47. The lowest BCUT2D eigenvalue weighted by Gasteiger charge is -2.20. The minimum atomic E-state index is -2.63. The van der Waals surface area contributed by atoms with E-state index in [4.69, 9.17) is 5.11 Å². The third kappa shape index (κ3) is 3.22. The van der Waals surface area contributed by atoms with Gasteiger partial charge in [-0.15, -0.1) is 11.8 Å². The quantitative estimate of drug-likeness (QED) is 0.750. The van der Waals surface area contributed by atoms with E-state index in [2.05, 4.69) is 0 Å². The summed E-state index contributed by atoms with van der Waals surface area (Å²) >= 11 is 1.28. The highest BCUT2D eigenvalue weighted by Crippen LogP contribution is 2.20. The number of halogens is 2. The lowest BCUT2D eigenvalue weighted by atomic mass is 10.3. The average Bonchev–Trinajstić information content (AvgIpc) is 2.62. The number of amides is 2. The van der Waals surface area contributed by atoms with E-state index in [1.165, 1.54) is 11.8 Å². The van der Waals surface area contributed by atoms with Crippen molar-refractivity contribution in [2.75, 3.05) is 18.2 Å². The van der Waals surface area contributed by atoms with Gasteiger partial charge in [0.15, 0.2) is 0 Å². The Kier molecular flexibility index (Phi) is 4.13. The molecule has 1 atom stereocenters. The number of nitrogens with one attached hydrogen (secondary N) is 1. The first kappa shape index (κ1) is 12.0. The number of thioether (sulfide) groups is 1. The normalized spacial score (nSPS) is 20.7. The second-order valence-corrected chi connectivity index (χ2v) is 3.90. The van der Waals surface area contributed by atoms with Gasteiger partial charge in [-0.05, 0) is 0 Å². The number of nitrogens with zero attached hydrogens (tertiary/aromatic N) is 1. The van der Waals surface area contributed by atoms with Crippen LogP contribution in [0.5, 0.6) is 0 Å². The van der Waals surface area contributed by atoms with Crippen molar-refractivity contribution in [1.82, 2.24) is 10.2 Å². The number of alkyl halides is 2. The second-order valence-electron chi connectivity index (χ2n) is 2.90. The number of carbonyl (C=O) groups is 2. The predicted molar refractivity (Wildman–Crippen MR) is 50.0 cm³/mol. The van der Waals surface area contributed by atoms with Crippen molar-refractivity contribution in [3.05, 3.63) is 0 Å². The van der Waals surface area contributed by atoms with Crippen LogP contribution in [0.15, 0.2) is 0 Å². The van der Waals surface area contributed by atoms with Gasteiger partial charge in [0.25, 0.3) is 6.43 Å². The van der Waals surface area contributed by atoms with E-state index in [9.17, 15) is 18.4 Å². The summed E-state index contributed by atoms with van der Waals surface area (Å²) in [5.41, 5.74) is 0. The molecule has 0 aliphatic carbocycles. The number of urea groups is 1. The van der Waals surface area contributed by atoms with Gasteiger partial charge < -0.3 is 15.3 Å². The molecule has 1 aliphatic heterocycles. The van der Waals surface area contributed by atoms with Crippen molar-refractivity contribution in [2.24, 2.45) is 0 Å². The summed E-state index contributed by atoms with van der Waals surface area (Å²) in [5, 5.41) is 10.7. The van der Waals surface area contributed by atoms with Crippen LogP contribution in [0.4, 0.5) is 13.6 Å². The van der Waals surface area contributed by atoms with Crippen molar-refractivity contribution in [3.8, 4) is 0 Å². The molecule has 15 heavy (non-hydrogen) atoms. The zero-order chi connectivity index (χ0) is 11.4. The fourth-order valence-corrected chi connectivity index (χ4v) is 2.26. The van der Waals surface area contributed by atoms with E-state index in [1.807, 2.05) is 5.32 Å². The van der Waals surface area contributed by atoms with E-state index < -0.39 is 31.0 Å². The predicted octanol–water partition coefficient (Wildman–Crippen LogP) is 0.421. The van der Waals surface area contributed by atoms with Gasteiger partial charge in [0.2, 0.25) is 0 Å². The van der Waals surface area contributed by atoms with Gasteiger partial charge in [0.1, 0.15) is 6.04 Å². The van der Waals surface area contributed by atoms with Crippen LogP contribution in [0.3, 0.4) is 0 Å². The molecule has 0 aromatic carbocycles. The Morgan fingerprint density at radius 1 is 1.60 bits per heavy atom. The highest BCUT2D eigenvalue weighted by atomic mass is 32.2. The van der Waals surface area contributed by atoms with Crippen molar-refractivity contribution in [3.63, 3.8) is 0 Å². The van der Waals surface area contributed by atoms with Crippen LogP contribution in [-0.2, 0) is 4.79 Å². The standard InChI is InChI=1S/C7H10F2N2O3S/c8-5(9)1-10-7(14)11-3-15-2-4(11)6(12)13/h4-5H,1-3H2,(H,10,14)(H,12,13). The molecule has 1 rings (SSSR count). The largest absolute Gasteiger partial charge is 0.480 e. The molecule has 1 saturated heterocycles. The molecule has 1 fully saturated rings. The van der Waals surface area contributed by atoms with Crippen LogP contribution in [0.1, 0.15) is 0 Å². The number of carboxylic acids is 1. The fourth-order valence-electron chi connectivity index (χ4n) is 1.11. The van der Waals surface area contributed by atoms with E-state index in [0.717, 1.165) is 4.90 Å². The van der Waals surface area contributed by atoms with E-state index in [1.54, 1.807) is 0 Å². The Bertz CT molecular complexity index is 265. The monoisotopic (exact) mass is 240 g/mol. The third-order valence-electron chi connectivity index (χ3n) is 1.84. The van der Waals surface area contributed by atoms with Gasteiger partial charge in [0.05, 0.1) is 12.4 Å². The molecule has 8 heteroatoms. The molecule has 1 aliphatic rings. The summed E-state index contributed by atoms with van der Waals surface area (Å²) in [6.45, 7) is -0.758.